The fraction of sp³-hybridized carbons (Fsp3) is 0.692. The molecule has 0 unspecified atom stereocenters. The number of hydrogen-bond acceptors (Lipinski definition) is 6. The minimum absolute atomic E-state index is 0.0276. The molecule has 1 saturated heterocycles. The van der Waals surface area contributed by atoms with E-state index in [0.717, 1.165) is 12.8 Å². The molecule has 0 aromatic carbocycles. The third-order valence-corrected chi connectivity index (χ3v) is 3.36. The van der Waals surface area contributed by atoms with Crippen molar-refractivity contribution in [1.29, 1.82) is 0 Å². The van der Waals surface area contributed by atoms with Crippen LogP contribution in [0, 0.1) is 15.5 Å². The second kappa shape index (κ2) is 5.80. The lowest BCUT2D eigenvalue weighted by molar-refractivity contribution is -0.385. The maximum atomic E-state index is 11.9. The number of piperidine rings is 1. The number of rotatable bonds is 3. The third kappa shape index (κ3) is 3.78. The van der Waals surface area contributed by atoms with Gasteiger partial charge in [-0.05, 0) is 33.6 Å². The quantitative estimate of drug-likeness (QED) is 0.625. The van der Waals surface area contributed by atoms with Gasteiger partial charge in [-0.15, -0.1) is 5.06 Å². The van der Waals surface area contributed by atoms with Crippen molar-refractivity contribution in [2.24, 2.45) is 5.41 Å². The zero-order valence-corrected chi connectivity index (χ0v) is 12.5. The van der Waals surface area contributed by atoms with Crippen molar-refractivity contribution in [2.45, 2.75) is 39.7 Å². The molecule has 2 rings (SSSR count). The first-order valence-corrected chi connectivity index (χ1v) is 6.93. The number of nitro groups is 1. The summed E-state index contributed by atoms with van der Waals surface area (Å²) in [6, 6.07) is -0.0276. The van der Waals surface area contributed by atoms with Crippen molar-refractivity contribution in [2.75, 3.05) is 13.1 Å². The van der Waals surface area contributed by atoms with E-state index in [1.54, 1.807) is 30.5 Å². The van der Waals surface area contributed by atoms with E-state index < -0.39 is 10.3 Å². The van der Waals surface area contributed by atoms with Gasteiger partial charge in [-0.25, -0.2) is 4.79 Å². The molecule has 8 heteroatoms. The van der Waals surface area contributed by atoms with Crippen LogP contribution in [0.4, 0.5) is 5.69 Å². The summed E-state index contributed by atoms with van der Waals surface area (Å²) < 4.78 is 1.58. The molecule has 1 aliphatic heterocycles. The van der Waals surface area contributed by atoms with E-state index in [2.05, 4.69) is 5.10 Å². The smallest absolute Gasteiger partial charge is 0.330 e. The lowest BCUT2D eigenvalue weighted by atomic mass is 9.98. The fourth-order valence-corrected chi connectivity index (χ4v) is 2.10. The summed E-state index contributed by atoms with van der Waals surface area (Å²) in [4.78, 5) is 27.5. The minimum Gasteiger partial charge on any atom is -0.367 e. The van der Waals surface area contributed by atoms with Crippen molar-refractivity contribution < 1.29 is 14.6 Å². The van der Waals surface area contributed by atoms with Crippen molar-refractivity contribution >= 4 is 11.7 Å². The molecular formula is C13H20N4O4. The molecule has 1 atom stereocenters. The van der Waals surface area contributed by atoms with Gasteiger partial charge in [0.15, 0.2) is 0 Å². The number of hydroxylamine groups is 2. The molecule has 0 radical (unpaired) electrons. The van der Waals surface area contributed by atoms with Crippen molar-refractivity contribution in [3.63, 3.8) is 0 Å². The zero-order chi connectivity index (χ0) is 15.6. The van der Waals surface area contributed by atoms with Crippen LogP contribution in [0.3, 0.4) is 0 Å². The van der Waals surface area contributed by atoms with E-state index in [0.29, 0.717) is 13.1 Å². The molecule has 0 amide bonds. The van der Waals surface area contributed by atoms with Crippen LogP contribution in [0.5, 0.6) is 0 Å². The SMILES string of the molecule is CC(C)(C)C(=O)ON1CCC[C@@H](n2cc([N+](=O)[O-])cn2)C1. The first-order chi connectivity index (χ1) is 9.77. The predicted octanol–water partition coefficient (Wildman–Crippen LogP) is 1.93. The van der Waals surface area contributed by atoms with Gasteiger partial charge in [0.05, 0.1) is 22.9 Å². The summed E-state index contributed by atoms with van der Waals surface area (Å²) in [6.45, 7) is 6.55. The Kier molecular flexibility index (Phi) is 4.26. The van der Waals surface area contributed by atoms with Gasteiger partial charge in [0, 0.05) is 6.54 Å². The van der Waals surface area contributed by atoms with Gasteiger partial charge in [-0.2, -0.15) is 5.10 Å². The Hall–Kier alpha value is -1.96. The third-order valence-electron chi connectivity index (χ3n) is 3.36. The highest BCUT2D eigenvalue weighted by molar-refractivity contribution is 5.75. The standard InChI is InChI=1S/C13H20N4O4/c1-13(2,3)12(18)21-15-6-4-5-10(8-15)16-9-11(7-14-16)17(19)20/h7,9-10H,4-6,8H2,1-3H3/t10-/m1/s1. The minimum atomic E-state index is -0.558. The predicted molar refractivity (Wildman–Crippen MR) is 74.3 cm³/mol. The van der Waals surface area contributed by atoms with E-state index in [9.17, 15) is 14.9 Å². The molecule has 116 valence electrons. The highest BCUT2D eigenvalue weighted by Crippen LogP contribution is 2.24. The second-order valence-corrected chi connectivity index (χ2v) is 6.25. The van der Waals surface area contributed by atoms with Gasteiger partial charge in [0.1, 0.15) is 12.4 Å². The Labute approximate surface area is 122 Å². The molecule has 0 aliphatic carbocycles. The number of carbonyl (C=O) groups excluding carboxylic acids is 1. The summed E-state index contributed by atoms with van der Waals surface area (Å²) in [7, 11) is 0. The number of nitrogens with zero attached hydrogens (tertiary/aromatic N) is 4. The molecular weight excluding hydrogens is 276 g/mol. The van der Waals surface area contributed by atoms with Gasteiger partial charge >= 0.3 is 11.7 Å². The second-order valence-electron chi connectivity index (χ2n) is 6.25. The highest BCUT2D eigenvalue weighted by Gasteiger charge is 2.30. The van der Waals surface area contributed by atoms with Crippen molar-refractivity contribution in [1.82, 2.24) is 14.8 Å². The van der Waals surface area contributed by atoms with Gasteiger partial charge in [0.2, 0.25) is 0 Å². The van der Waals surface area contributed by atoms with Crippen LogP contribution in [0.25, 0.3) is 0 Å². The van der Waals surface area contributed by atoms with Gasteiger partial charge in [0.25, 0.3) is 0 Å². The Morgan fingerprint density at radius 3 is 2.81 bits per heavy atom. The summed E-state index contributed by atoms with van der Waals surface area (Å²) in [5.41, 5.74) is -0.587. The number of hydrogen-bond donors (Lipinski definition) is 0. The molecule has 0 bridgehead atoms. The monoisotopic (exact) mass is 296 g/mol. The molecule has 1 aromatic heterocycles. The molecule has 1 aromatic rings. The van der Waals surface area contributed by atoms with Crippen LogP contribution < -0.4 is 0 Å². The molecule has 1 aliphatic rings. The van der Waals surface area contributed by atoms with Gasteiger partial charge in [-0.3, -0.25) is 14.8 Å². The lowest BCUT2D eigenvalue weighted by Crippen LogP contribution is -2.40. The summed E-state index contributed by atoms with van der Waals surface area (Å²) >= 11 is 0. The van der Waals surface area contributed by atoms with Crippen LogP contribution in [0.2, 0.25) is 0 Å². The molecule has 0 N–H and O–H groups in total. The van der Waals surface area contributed by atoms with E-state index in [4.69, 9.17) is 4.84 Å². The Bertz CT molecular complexity index is 535. The fourth-order valence-electron chi connectivity index (χ4n) is 2.10. The van der Waals surface area contributed by atoms with E-state index in [-0.39, 0.29) is 17.7 Å². The zero-order valence-electron chi connectivity index (χ0n) is 12.5. The maximum Gasteiger partial charge on any atom is 0.330 e. The summed E-state index contributed by atoms with van der Waals surface area (Å²) in [5, 5.41) is 16.3. The molecule has 0 spiro atoms. The lowest BCUT2D eigenvalue weighted by Gasteiger charge is -2.32. The summed E-state index contributed by atoms with van der Waals surface area (Å²) in [6.07, 6.45) is 4.35. The van der Waals surface area contributed by atoms with Crippen LogP contribution in [0.1, 0.15) is 39.7 Å². The van der Waals surface area contributed by atoms with Crippen LogP contribution in [0.15, 0.2) is 12.4 Å². The first kappa shape index (κ1) is 15.4. The summed E-state index contributed by atoms with van der Waals surface area (Å²) in [5.74, 6) is -0.283. The van der Waals surface area contributed by atoms with Crippen LogP contribution in [-0.4, -0.2) is 38.8 Å². The largest absolute Gasteiger partial charge is 0.367 e. The number of aromatic nitrogens is 2. The molecule has 2 heterocycles. The van der Waals surface area contributed by atoms with Crippen molar-refractivity contribution in [3.8, 4) is 0 Å². The average Bonchev–Trinajstić information content (AvgIpc) is 2.87. The van der Waals surface area contributed by atoms with Crippen molar-refractivity contribution in [3.05, 3.63) is 22.5 Å². The first-order valence-electron chi connectivity index (χ1n) is 6.93. The van der Waals surface area contributed by atoms with Gasteiger partial charge < -0.3 is 4.84 Å². The van der Waals surface area contributed by atoms with Gasteiger partial charge in [-0.1, -0.05) is 0 Å². The van der Waals surface area contributed by atoms with E-state index in [1.165, 1.54) is 12.4 Å². The number of carbonyl (C=O) groups is 1. The Morgan fingerprint density at radius 1 is 1.52 bits per heavy atom. The maximum absolute atomic E-state index is 11.9. The van der Waals surface area contributed by atoms with Crippen LogP contribution in [-0.2, 0) is 9.63 Å². The topological polar surface area (TPSA) is 90.5 Å². The highest BCUT2D eigenvalue weighted by atomic mass is 16.7. The Morgan fingerprint density at radius 2 is 2.24 bits per heavy atom. The molecule has 8 nitrogen and oxygen atoms in total. The molecule has 1 fully saturated rings. The van der Waals surface area contributed by atoms with E-state index in [1.807, 2.05) is 0 Å². The molecule has 0 saturated carbocycles. The normalized spacial score (nSPS) is 20.2. The van der Waals surface area contributed by atoms with Crippen LogP contribution >= 0.6 is 0 Å². The average molecular weight is 296 g/mol. The van der Waals surface area contributed by atoms with E-state index >= 15 is 0 Å². The molecule has 21 heavy (non-hydrogen) atoms. The Balaban J connectivity index is 2.00.